The van der Waals surface area contributed by atoms with E-state index in [0.717, 1.165) is 6.42 Å². The van der Waals surface area contributed by atoms with E-state index < -0.39 is 0 Å². The highest BCUT2D eigenvalue weighted by Crippen LogP contribution is 2.13. The Morgan fingerprint density at radius 3 is 2.88 bits per heavy atom. The van der Waals surface area contributed by atoms with Gasteiger partial charge in [0.05, 0.1) is 19.8 Å². The number of nitrogens with one attached hydrogen (secondary N) is 2. The number of furan rings is 1. The first-order valence-electron chi connectivity index (χ1n) is 5.34. The van der Waals surface area contributed by atoms with Gasteiger partial charge >= 0.3 is 12.0 Å². The van der Waals surface area contributed by atoms with Crippen molar-refractivity contribution in [1.82, 2.24) is 5.32 Å². The largest absolute Gasteiger partial charge is 0.469 e. The number of hydrogen-bond donors (Lipinski definition) is 2. The average molecular weight is 240 g/mol. The molecule has 1 aromatic rings. The molecule has 0 unspecified atom stereocenters. The maximum Gasteiger partial charge on any atom is 0.321 e. The summed E-state index contributed by atoms with van der Waals surface area (Å²) in [6, 6.07) is 1.26. The molecule has 0 aliphatic carbocycles. The summed E-state index contributed by atoms with van der Waals surface area (Å²) in [6.45, 7) is 2.56. The molecule has 0 radical (unpaired) electrons. The van der Waals surface area contributed by atoms with Crippen LogP contribution in [0.3, 0.4) is 0 Å². The number of amides is 2. The predicted molar refractivity (Wildman–Crippen MR) is 61.7 cm³/mol. The lowest BCUT2D eigenvalue weighted by atomic mass is 10.2. The number of carbonyl (C=O) groups excluding carboxylic acids is 2. The molecule has 0 spiro atoms. The molecule has 2 N–H and O–H groups in total. The number of esters is 1. The van der Waals surface area contributed by atoms with Gasteiger partial charge in [0.15, 0.2) is 0 Å². The zero-order valence-electron chi connectivity index (χ0n) is 9.91. The molecule has 0 bridgehead atoms. The minimum atomic E-state index is -0.354. The Balaban J connectivity index is 2.45. The fraction of sp³-hybridized carbons (Fsp3) is 0.455. The van der Waals surface area contributed by atoms with E-state index in [4.69, 9.17) is 4.42 Å². The second-order valence-electron chi connectivity index (χ2n) is 3.45. The van der Waals surface area contributed by atoms with Crippen LogP contribution in [0.5, 0.6) is 0 Å². The Labute approximate surface area is 99.3 Å². The van der Waals surface area contributed by atoms with Crippen molar-refractivity contribution in [2.24, 2.45) is 0 Å². The number of urea groups is 1. The monoisotopic (exact) mass is 240 g/mol. The Morgan fingerprint density at radius 1 is 1.47 bits per heavy atom. The second kappa shape index (κ2) is 6.57. The molecular formula is C11H16N2O4. The van der Waals surface area contributed by atoms with E-state index in [1.165, 1.54) is 13.4 Å². The van der Waals surface area contributed by atoms with Gasteiger partial charge in [0, 0.05) is 18.2 Å². The van der Waals surface area contributed by atoms with Crippen LogP contribution in [0.1, 0.15) is 18.9 Å². The second-order valence-corrected chi connectivity index (χ2v) is 3.45. The van der Waals surface area contributed by atoms with Crippen LogP contribution in [0.15, 0.2) is 16.7 Å². The quantitative estimate of drug-likeness (QED) is 0.765. The summed E-state index contributed by atoms with van der Waals surface area (Å²) in [5, 5.41) is 5.16. The minimum Gasteiger partial charge on any atom is -0.469 e. The third kappa shape index (κ3) is 4.58. The molecule has 6 heteroatoms. The standard InChI is InChI=1S/C11H16N2O4/c1-3-4-12-11(15)13-9-5-8(7-17-9)6-10(14)16-2/h5,7H,3-4,6H2,1-2H3,(H2,12,13,15). The molecule has 0 fully saturated rings. The van der Waals surface area contributed by atoms with E-state index in [1.807, 2.05) is 6.92 Å². The van der Waals surface area contributed by atoms with Gasteiger partial charge in [-0.05, 0) is 6.42 Å². The van der Waals surface area contributed by atoms with Gasteiger partial charge in [-0.3, -0.25) is 10.1 Å². The van der Waals surface area contributed by atoms with Crippen LogP contribution in [0.25, 0.3) is 0 Å². The van der Waals surface area contributed by atoms with E-state index in [2.05, 4.69) is 15.4 Å². The van der Waals surface area contributed by atoms with E-state index in [9.17, 15) is 9.59 Å². The van der Waals surface area contributed by atoms with Gasteiger partial charge < -0.3 is 14.5 Å². The van der Waals surface area contributed by atoms with Crippen LogP contribution in [0.2, 0.25) is 0 Å². The van der Waals surface area contributed by atoms with Crippen molar-refractivity contribution in [2.45, 2.75) is 19.8 Å². The molecule has 1 rings (SSSR count). The first-order chi connectivity index (χ1) is 8.15. The maximum absolute atomic E-state index is 11.3. The predicted octanol–water partition coefficient (Wildman–Crippen LogP) is 1.53. The Morgan fingerprint density at radius 2 is 2.24 bits per heavy atom. The number of ether oxygens (including phenoxy) is 1. The van der Waals surface area contributed by atoms with Crippen LogP contribution in [-0.2, 0) is 16.0 Å². The zero-order valence-corrected chi connectivity index (χ0v) is 9.91. The molecule has 2 amide bonds. The van der Waals surface area contributed by atoms with Crippen molar-refractivity contribution >= 4 is 17.9 Å². The summed E-state index contributed by atoms with van der Waals surface area (Å²) < 4.78 is 9.60. The van der Waals surface area contributed by atoms with Crippen molar-refractivity contribution in [3.05, 3.63) is 17.9 Å². The first-order valence-corrected chi connectivity index (χ1v) is 5.34. The van der Waals surface area contributed by atoms with Crippen LogP contribution in [0, 0.1) is 0 Å². The van der Waals surface area contributed by atoms with Crippen molar-refractivity contribution in [3.63, 3.8) is 0 Å². The van der Waals surface area contributed by atoms with E-state index in [1.54, 1.807) is 6.07 Å². The molecule has 0 aromatic carbocycles. The number of hydrogen-bond acceptors (Lipinski definition) is 4. The third-order valence-electron chi connectivity index (χ3n) is 2.00. The lowest BCUT2D eigenvalue weighted by Crippen LogP contribution is -2.28. The molecule has 0 aliphatic heterocycles. The van der Waals surface area contributed by atoms with Gasteiger partial charge in [-0.2, -0.15) is 0 Å². The molecule has 17 heavy (non-hydrogen) atoms. The molecule has 0 aliphatic rings. The van der Waals surface area contributed by atoms with Crippen LogP contribution in [0.4, 0.5) is 10.7 Å². The van der Waals surface area contributed by atoms with Crippen molar-refractivity contribution < 1.29 is 18.7 Å². The molecule has 94 valence electrons. The summed E-state index contributed by atoms with van der Waals surface area (Å²) in [5.74, 6) is -0.0507. The van der Waals surface area contributed by atoms with Gasteiger partial charge in [-0.15, -0.1) is 0 Å². The summed E-state index contributed by atoms with van der Waals surface area (Å²) >= 11 is 0. The minimum absolute atomic E-state index is 0.123. The molecular weight excluding hydrogens is 224 g/mol. The lowest BCUT2D eigenvalue weighted by Gasteiger charge is -2.02. The van der Waals surface area contributed by atoms with Gasteiger partial charge in [0.25, 0.3) is 0 Å². The lowest BCUT2D eigenvalue weighted by molar-refractivity contribution is -0.139. The van der Waals surface area contributed by atoms with Crippen molar-refractivity contribution in [3.8, 4) is 0 Å². The molecule has 1 heterocycles. The summed E-state index contributed by atoms with van der Waals surface area (Å²) in [7, 11) is 1.32. The Kier molecular flexibility index (Phi) is 5.06. The van der Waals surface area contributed by atoms with Gasteiger partial charge in [-0.25, -0.2) is 4.79 Å². The Hall–Kier alpha value is -1.98. The molecule has 6 nitrogen and oxygen atoms in total. The average Bonchev–Trinajstić information content (AvgIpc) is 2.73. The maximum atomic E-state index is 11.3. The van der Waals surface area contributed by atoms with Gasteiger partial charge in [0.1, 0.15) is 0 Å². The summed E-state index contributed by atoms with van der Waals surface area (Å²) in [4.78, 5) is 22.3. The van der Waals surface area contributed by atoms with Crippen molar-refractivity contribution in [2.75, 3.05) is 19.0 Å². The fourth-order valence-electron chi connectivity index (χ4n) is 1.17. The highest BCUT2D eigenvalue weighted by Gasteiger charge is 2.08. The van der Waals surface area contributed by atoms with E-state index in [0.29, 0.717) is 18.0 Å². The van der Waals surface area contributed by atoms with E-state index in [-0.39, 0.29) is 18.4 Å². The van der Waals surface area contributed by atoms with Crippen LogP contribution >= 0.6 is 0 Å². The van der Waals surface area contributed by atoms with Crippen LogP contribution < -0.4 is 10.6 Å². The van der Waals surface area contributed by atoms with Gasteiger partial charge in [-0.1, -0.05) is 6.92 Å². The summed E-state index contributed by atoms with van der Waals surface area (Å²) in [6.07, 6.45) is 2.39. The number of anilines is 1. The van der Waals surface area contributed by atoms with Crippen molar-refractivity contribution in [1.29, 1.82) is 0 Å². The first kappa shape index (κ1) is 13.1. The number of rotatable bonds is 5. The zero-order chi connectivity index (χ0) is 12.7. The summed E-state index contributed by atoms with van der Waals surface area (Å²) in [5.41, 5.74) is 0.655. The smallest absolute Gasteiger partial charge is 0.321 e. The highest BCUT2D eigenvalue weighted by atomic mass is 16.5. The third-order valence-corrected chi connectivity index (χ3v) is 2.00. The van der Waals surface area contributed by atoms with Crippen LogP contribution in [-0.4, -0.2) is 25.7 Å². The topological polar surface area (TPSA) is 80.6 Å². The highest BCUT2D eigenvalue weighted by molar-refractivity contribution is 5.88. The van der Waals surface area contributed by atoms with E-state index >= 15 is 0 Å². The molecule has 1 aromatic heterocycles. The van der Waals surface area contributed by atoms with Gasteiger partial charge in [0.2, 0.25) is 5.88 Å². The number of carbonyl (C=O) groups is 2. The molecule has 0 atom stereocenters. The molecule has 0 saturated heterocycles. The number of methoxy groups -OCH3 is 1. The Bertz CT molecular complexity index is 387. The molecule has 0 saturated carbocycles. The normalized spacial score (nSPS) is 9.76. The SMILES string of the molecule is CCCNC(=O)Nc1cc(CC(=O)OC)co1. The fourth-order valence-corrected chi connectivity index (χ4v) is 1.17.